The standard InChI is InChI=1S/C17H18N2O5/c20-15-13(8-6-12-7-9-14(16(21)22)19(12)15)18-17(23)24-10-11-4-2-1-3-5-11/h1-6,13-14H,7-10H2,(H,18,23)(H,21,22)/t13-,14+/m1/s1. The highest BCUT2D eigenvalue weighted by molar-refractivity contribution is 5.92. The second kappa shape index (κ2) is 6.74. The first-order chi connectivity index (χ1) is 11.6. The van der Waals surface area contributed by atoms with Gasteiger partial charge in [0.2, 0.25) is 0 Å². The molecule has 0 radical (unpaired) electrons. The Balaban J connectivity index is 1.59. The van der Waals surface area contributed by atoms with Crippen LogP contribution in [0.1, 0.15) is 24.8 Å². The molecule has 7 heteroatoms. The van der Waals surface area contributed by atoms with Gasteiger partial charge in [0.25, 0.3) is 5.91 Å². The average Bonchev–Trinajstić information content (AvgIpc) is 3.02. The number of alkyl carbamates (subject to hydrolysis) is 1. The number of aliphatic carboxylic acids is 1. The van der Waals surface area contributed by atoms with Crippen molar-refractivity contribution in [2.24, 2.45) is 0 Å². The highest BCUT2D eigenvalue weighted by Gasteiger charge is 2.42. The van der Waals surface area contributed by atoms with Crippen LogP contribution in [0.2, 0.25) is 0 Å². The number of carbonyl (C=O) groups excluding carboxylic acids is 2. The summed E-state index contributed by atoms with van der Waals surface area (Å²) >= 11 is 0. The number of hydrogen-bond acceptors (Lipinski definition) is 4. The molecular formula is C17H18N2O5. The summed E-state index contributed by atoms with van der Waals surface area (Å²) in [4.78, 5) is 36.9. The Morgan fingerprint density at radius 1 is 1.29 bits per heavy atom. The van der Waals surface area contributed by atoms with Crippen molar-refractivity contribution >= 4 is 18.0 Å². The van der Waals surface area contributed by atoms with Crippen LogP contribution in [-0.4, -0.2) is 40.1 Å². The molecule has 0 aliphatic carbocycles. The molecule has 2 amide bonds. The van der Waals surface area contributed by atoms with Crippen molar-refractivity contribution in [2.75, 3.05) is 0 Å². The van der Waals surface area contributed by atoms with E-state index in [1.54, 1.807) is 0 Å². The molecule has 1 fully saturated rings. The molecule has 2 N–H and O–H groups in total. The maximum absolute atomic E-state index is 12.5. The normalized spacial score (nSPS) is 22.6. The number of carboxylic acids is 1. The fourth-order valence-corrected chi connectivity index (χ4v) is 3.01. The number of hydrogen-bond donors (Lipinski definition) is 2. The Hall–Kier alpha value is -2.83. The molecule has 1 aromatic carbocycles. The van der Waals surface area contributed by atoms with Gasteiger partial charge in [0.05, 0.1) is 0 Å². The number of ether oxygens (including phenoxy) is 1. The van der Waals surface area contributed by atoms with E-state index in [1.165, 1.54) is 4.90 Å². The zero-order chi connectivity index (χ0) is 17.1. The summed E-state index contributed by atoms with van der Waals surface area (Å²) in [5.41, 5.74) is 1.57. The number of allylic oxidation sites excluding steroid dienone is 1. The van der Waals surface area contributed by atoms with E-state index in [9.17, 15) is 19.5 Å². The number of fused-ring (bicyclic) bond motifs is 1. The minimum absolute atomic E-state index is 0.107. The lowest BCUT2D eigenvalue weighted by Crippen LogP contribution is -2.52. The van der Waals surface area contributed by atoms with Crippen LogP contribution >= 0.6 is 0 Å². The van der Waals surface area contributed by atoms with Gasteiger partial charge in [0.1, 0.15) is 18.7 Å². The summed E-state index contributed by atoms with van der Waals surface area (Å²) in [6.07, 6.45) is 2.43. The lowest BCUT2D eigenvalue weighted by molar-refractivity contribution is -0.148. The van der Waals surface area contributed by atoms with Gasteiger partial charge in [-0.05, 0) is 24.8 Å². The molecule has 2 heterocycles. The molecule has 7 nitrogen and oxygen atoms in total. The summed E-state index contributed by atoms with van der Waals surface area (Å²) in [5, 5.41) is 11.7. The van der Waals surface area contributed by atoms with Gasteiger partial charge in [-0.1, -0.05) is 36.4 Å². The number of benzene rings is 1. The van der Waals surface area contributed by atoms with Crippen LogP contribution in [0.15, 0.2) is 42.1 Å². The van der Waals surface area contributed by atoms with Gasteiger partial charge in [-0.2, -0.15) is 0 Å². The molecule has 1 aromatic rings. The van der Waals surface area contributed by atoms with Crippen LogP contribution < -0.4 is 5.32 Å². The van der Waals surface area contributed by atoms with Crippen molar-refractivity contribution in [1.82, 2.24) is 10.2 Å². The molecule has 126 valence electrons. The molecule has 0 spiro atoms. The highest BCUT2D eigenvalue weighted by atomic mass is 16.5. The molecule has 2 atom stereocenters. The van der Waals surface area contributed by atoms with Crippen molar-refractivity contribution < 1.29 is 24.2 Å². The van der Waals surface area contributed by atoms with Gasteiger partial charge in [-0.15, -0.1) is 0 Å². The largest absolute Gasteiger partial charge is 0.480 e. The van der Waals surface area contributed by atoms with E-state index in [4.69, 9.17) is 4.74 Å². The van der Waals surface area contributed by atoms with Crippen LogP contribution in [0.25, 0.3) is 0 Å². The number of carboxylic acid groups (broad SMARTS) is 1. The molecule has 2 aliphatic heterocycles. The van der Waals surface area contributed by atoms with Gasteiger partial charge < -0.3 is 20.1 Å². The van der Waals surface area contributed by atoms with Gasteiger partial charge in [-0.25, -0.2) is 9.59 Å². The summed E-state index contributed by atoms with van der Waals surface area (Å²) in [6.45, 7) is 0.107. The number of carbonyl (C=O) groups is 3. The Morgan fingerprint density at radius 3 is 2.75 bits per heavy atom. The Bertz CT molecular complexity index is 685. The van der Waals surface area contributed by atoms with Gasteiger partial charge >= 0.3 is 12.1 Å². The molecule has 0 bridgehead atoms. The van der Waals surface area contributed by atoms with Crippen LogP contribution in [0.5, 0.6) is 0 Å². The molecule has 0 unspecified atom stereocenters. The SMILES string of the molecule is O=C(N[C@@H]1CC=C2CC[C@@H](C(=O)O)N2C1=O)OCc1ccccc1. The quantitative estimate of drug-likeness (QED) is 0.875. The Kier molecular flexibility index (Phi) is 4.50. The van der Waals surface area contributed by atoms with Crippen LogP contribution in [-0.2, 0) is 20.9 Å². The maximum atomic E-state index is 12.5. The maximum Gasteiger partial charge on any atom is 0.408 e. The Labute approximate surface area is 138 Å². The second-order valence-electron chi connectivity index (χ2n) is 5.79. The summed E-state index contributed by atoms with van der Waals surface area (Å²) in [5.74, 6) is -1.42. The molecule has 0 saturated carbocycles. The van der Waals surface area contributed by atoms with E-state index in [0.717, 1.165) is 11.3 Å². The number of rotatable bonds is 4. The third kappa shape index (κ3) is 3.24. The number of nitrogens with zero attached hydrogens (tertiary/aromatic N) is 1. The van der Waals surface area contributed by atoms with E-state index in [-0.39, 0.29) is 6.61 Å². The van der Waals surface area contributed by atoms with Gasteiger partial charge in [-0.3, -0.25) is 4.79 Å². The van der Waals surface area contributed by atoms with Crippen LogP contribution in [0.3, 0.4) is 0 Å². The third-order valence-electron chi connectivity index (χ3n) is 4.21. The van der Waals surface area contributed by atoms with Crippen molar-refractivity contribution in [3.63, 3.8) is 0 Å². The minimum atomic E-state index is -1.03. The first-order valence-corrected chi connectivity index (χ1v) is 7.78. The highest BCUT2D eigenvalue weighted by Crippen LogP contribution is 2.32. The lowest BCUT2D eigenvalue weighted by Gasteiger charge is -2.31. The summed E-state index contributed by atoms with van der Waals surface area (Å²) in [6, 6.07) is 7.56. The van der Waals surface area contributed by atoms with E-state index in [2.05, 4.69) is 5.32 Å². The zero-order valence-electron chi connectivity index (χ0n) is 13.0. The van der Waals surface area contributed by atoms with Gasteiger partial charge in [0.15, 0.2) is 0 Å². The Morgan fingerprint density at radius 2 is 2.04 bits per heavy atom. The third-order valence-corrected chi connectivity index (χ3v) is 4.21. The van der Waals surface area contributed by atoms with Crippen molar-refractivity contribution in [3.05, 3.63) is 47.7 Å². The molecule has 3 rings (SSSR count). The predicted octanol–water partition coefficient (Wildman–Crippen LogP) is 1.64. The topological polar surface area (TPSA) is 95.9 Å². The average molecular weight is 330 g/mol. The number of amides is 2. The zero-order valence-corrected chi connectivity index (χ0v) is 13.0. The van der Waals surface area contributed by atoms with Crippen LogP contribution in [0, 0.1) is 0 Å². The molecular weight excluding hydrogens is 312 g/mol. The lowest BCUT2D eigenvalue weighted by atomic mass is 10.1. The van der Waals surface area contributed by atoms with Crippen molar-refractivity contribution in [1.29, 1.82) is 0 Å². The fourth-order valence-electron chi connectivity index (χ4n) is 3.01. The van der Waals surface area contributed by atoms with E-state index in [1.807, 2.05) is 36.4 Å². The van der Waals surface area contributed by atoms with Crippen LogP contribution in [0.4, 0.5) is 4.79 Å². The summed E-state index contributed by atoms with van der Waals surface area (Å²) < 4.78 is 5.11. The van der Waals surface area contributed by atoms with E-state index in [0.29, 0.717) is 19.3 Å². The first kappa shape index (κ1) is 16.0. The first-order valence-electron chi connectivity index (χ1n) is 7.78. The molecule has 1 saturated heterocycles. The van der Waals surface area contributed by atoms with Crippen molar-refractivity contribution in [2.45, 2.75) is 38.0 Å². The smallest absolute Gasteiger partial charge is 0.408 e. The second-order valence-corrected chi connectivity index (χ2v) is 5.79. The predicted molar refractivity (Wildman–Crippen MR) is 83.8 cm³/mol. The van der Waals surface area contributed by atoms with E-state index < -0.39 is 30.1 Å². The monoisotopic (exact) mass is 330 g/mol. The molecule has 24 heavy (non-hydrogen) atoms. The summed E-state index contributed by atoms with van der Waals surface area (Å²) in [7, 11) is 0. The molecule has 0 aromatic heterocycles. The fraction of sp³-hybridized carbons (Fsp3) is 0.353. The van der Waals surface area contributed by atoms with Crippen molar-refractivity contribution in [3.8, 4) is 0 Å². The number of nitrogens with one attached hydrogen (secondary N) is 1. The van der Waals surface area contributed by atoms with Gasteiger partial charge in [0, 0.05) is 5.70 Å². The van der Waals surface area contributed by atoms with E-state index >= 15 is 0 Å². The minimum Gasteiger partial charge on any atom is -0.480 e. The molecule has 2 aliphatic rings.